The van der Waals surface area contributed by atoms with Gasteiger partial charge in [-0.25, -0.2) is 0 Å². The number of hydrogen-bond acceptors (Lipinski definition) is 6. The van der Waals surface area contributed by atoms with Crippen molar-refractivity contribution < 1.29 is 19.1 Å². The van der Waals surface area contributed by atoms with E-state index in [2.05, 4.69) is 5.32 Å². The van der Waals surface area contributed by atoms with Crippen molar-refractivity contribution in [1.82, 2.24) is 4.90 Å². The number of amides is 2. The van der Waals surface area contributed by atoms with Crippen molar-refractivity contribution in [3.8, 4) is 11.5 Å². The number of thioether (sulfide) groups is 1. The molecule has 6 nitrogen and oxygen atoms in total. The monoisotopic (exact) mass is 398 g/mol. The third-order valence-corrected chi connectivity index (χ3v) is 5.57. The number of hydrogen-bond donors (Lipinski definition) is 1. The molecule has 0 bridgehead atoms. The summed E-state index contributed by atoms with van der Waals surface area (Å²) in [6.07, 6.45) is 1.77. The zero-order valence-corrected chi connectivity index (χ0v) is 15.9. The molecule has 2 aliphatic rings. The first-order valence-corrected chi connectivity index (χ1v) is 9.26. The molecule has 1 N–H and O–H groups in total. The van der Waals surface area contributed by atoms with Crippen LogP contribution in [0.4, 0.5) is 5.69 Å². The van der Waals surface area contributed by atoms with Crippen LogP contribution in [0.2, 0.25) is 0 Å². The number of thiocarbonyl (C=S) groups is 1. The van der Waals surface area contributed by atoms with Gasteiger partial charge in [0.2, 0.25) is 6.79 Å². The van der Waals surface area contributed by atoms with Crippen molar-refractivity contribution in [2.45, 2.75) is 0 Å². The highest BCUT2D eigenvalue weighted by molar-refractivity contribution is 8.26. The van der Waals surface area contributed by atoms with Crippen LogP contribution in [0.15, 0.2) is 47.4 Å². The van der Waals surface area contributed by atoms with E-state index in [9.17, 15) is 9.59 Å². The second-order valence-corrected chi connectivity index (χ2v) is 7.56. The minimum absolute atomic E-state index is 0.116. The van der Waals surface area contributed by atoms with Crippen LogP contribution in [-0.4, -0.2) is 34.9 Å². The number of anilines is 1. The Morgan fingerprint density at radius 2 is 1.93 bits per heavy atom. The average Bonchev–Trinajstić information content (AvgIpc) is 3.22. The molecular formula is C19H14N2O4S2. The SMILES string of the molecule is CN1C(=O)/C(=C\c2ccc(C(=O)Nc3ccc4c(c3)OCO4)cc2)SC1=S. The van der Waals surface area contributed by atoms with Crippen LogP contribution in [0.25, 0.3) is 6.08 Å². The van der Waals surface area contributed by atoms with Crippen LogP contribution in [-0.2, 0) is 4.79 Å². The fraction of sp³-hybridized carbons (Fsp3) is 0.105. The Hall–Kier alpha value is -2.84. The van der Waals surface area contributed by atoms with Gasteiger partial charge in [0.05, 0.1) is 4.91 Å². The highest BCUT2D eigenvalue weighted by Crippen LogP contribution is 2.34. The van der Waals surface area contributed by atoms with Gasteiger partial charge in [-0.15, -0.1) is 0 Å². The summed E-state index contributed by atoms with van der Waals surface area (Å²) in [5.41, 5.74) is 1.95. The number of ether oxygens (including phenoxy) is 2. The van der Waals surface area contributed by atoms with Gasteiger partial charge in [-0.1, -0.05) is 36.1 Å². The summed E-state index contributed by atoms with van der Waals surface area (Å²) in [6.45, 7) is 0.186. The molecule has 2 heterocycles. The van der Waals surface area contributed by atoms with Crippen LogP contribution in [0, 0.1) is 0 Å². The highest BCUT2D eigenvalue weighted by Gasteiger charge is 2.28. The van der Waals surface area contributed by atoms with Crippen LogP contribution < -0.4 is 14.8 Å². The molecule has 27 heavy (non-hydrogen) atoms. The molecule has 8 heteroatoms. The van der Waals surface area contributed by atoms with Gasteiger partial charge >= 0.3 is 0 Å². The Bertz CT molecular complexity index is 986. The molecule has 136 valence electrons. The maximum atomic E-state index is 12.4. The van der Waals surface area contributed by atoms with Crippen molar-refractivity contribution in [1.29, 1.82) is 0 Å². The molecule has 1 fully saturated rings. The number of nitrogens with zero attached hydrogens (tertiary/aromatic N) is 1. The van der Waals surface area contributed by atoms with E-state index >= 15 is 0 Å². The summed E-state index contributed by atoms with van der Waals surface area (Å²) in [6, 6.07) is 12.2. The van der Waals surface area contributed by atoms with E-state index in [4.69, 9.17) is 21.7 Å². The lowest BCUT2D eigenvalue weighted by Crippen LogP contribution is -2.22. The first-order chi connectivity index (χ1) is 13.0. The van der Waals surface area contributed by atoms with Crippen molar-refractivity contribution in [2.24, 2.45) is 0 Å². The maximum absolute atomic E-state index is 12.4. The fourth-order valence-electron chi connectivity index (χ4n) is 2.61. The van der Waals surface area contributed by atoms with E-state index < -0.39 is 0 Å². The molecule has 2 amide bonds. The van der Waals surface area contributed by atoms with E-state index in [-0.39, 0.29) is 18.6 Å². The predicted octanol–water partition coefficient (Wildman–Crippen LogP) is 3.50. The molecule has 4 rings (SSSR count). The third-order valence-electron chi connectivity index (χ3n) is 4.09. The molecule has 1 saturated heterocycles. The van der Waals surface area contributed by atoms with Crippen LogP contribution >= 0.6 is 24.0 Å². The molecule has 2 aliphatic heterocycles. The molecule has 0 aromatic heterocycles. The molecule has 0 saturated carbocycles. The van der Waals surface area contributed by atoms with Gasteiger partial charge in [-0.3, -0.25) is 14.5 Å². The zero-order valence-electron chi connectivity index (χ0n) is 14.2. The first-order valence-electron chi connectivity index (χ1n) is 8.04. The molecule has 0 unspecified atom stereocenters. The molecule has 0 radical (unpaired) electrons. The van der Waals surface area contributed by atoms with E-state index in [1.165, 1.54) is 16.7 Å². The van der Waals surface area contributed by atoms with Gasteiger partial charge in [0.15, 0.2) is 11.5 Å². The van der Waals surface area contributed by atoms with E-state index in [0.29, 0.717) is 32.0 Å². The van der Waals surface area contributed by atoms with Crippen molar-refractivity contribution in [2.75, 3.05) is 19.2 Å². The number of carbonyl (C=O) groups excluding carboxylic acids is 2. The average molecular weight is 398 g/mol. The van der Waals surface area contributed by atoms with Gasteiger partial charge in [-0.2, -0.15) is 0 Å². The summed E-state index contributed by atoms with van der Waals surface area (Å²) in [5.74, 6) is 0.918. The smallest absolute Gasteiger partial charge is 0.265 e. The van der Waals surface area contributed by atoms with Crippen molar-refractivity contribution in [3.05, 3.63) is 58.5 Å². The number of rotatable bonds is 3. The zero-order chi connectivity index (χ0) is 19.0. The lowest BCUT2D eigenvalue weighted by atomic mass is 10.1. The minimum atomic E-state index is -0.236. The van der Waals surface area contributed by atoms with Gasteiger partial charge in [0.1, 0.15) is 4.32 Å². The summed E-state index contributed by atoms with van der Waals surface area (Å²) in [7, 11) is 1.65. The standard InChI is InChI=1S/C19H14N2O4S2/c1-21-18(23)16(27-19(21)26)8-11-2-4-12(5-3-11)17(22)20-13-6-7-14-15(9-13)25-10-24-14/h2-9H,10H2,1H3,(H,20,22)/b16-8+. The number of nitrogens with one attached hydrogen (secondary N) is 1. The minimum Gasteiger partial charge on any atom is -0.454 e. The topological polar surface area (TPSA) is 67.9 Å². The number of fused-ring (bicyclic) bond motifs is 1. The molecule has 2 aromatic carbocycles. The lowest BCUT2D eigenvalue weighted by Gasteiger charge is -2.07. The highest BCUT2D eigenvalue weighted by atomic mass is 32.2. The summed E-state index contributed by atoms with van der Waals surface area (Å²) in [5, 5.41) is 2.83. The molecular weight excluding hydrogens is 384 g/mol. The quantitative estimate of drug-likeness (QED) is 0.631. The van der Waals surface area contributed by atoms with Gasteiger partial charge < -0.3 is 14.8 Å². The molecule has 0 atom stereocenters. The lowest BCUT2D eigenvalue weighted by molar-refractivity contribution is -0.121. The Kier molecular flexibility index (Phi) is 4.59. The number of benzene rings is 2. The first kappa shape index (κ1) is 17.6. The van der Waals surface area contributed by atoms with Crippen LogP contribution in [0.5, 0.6) is 11.5 Å². The second kappa shape index (κ2) is 7.05. The van der Waals surface area contributed by atoms with Gasteiger partial charge in [0, 0.05) is 24.4 Å². The summed E-state index contributed by atoms with van der Waals surface area (Å²) < 4.78 is 11.1. The molecule has 0 spiro atoms. The third kappa shape index (κ3) is 3.54. The second-order valence-electron chi connectivity index (χ2n) is 5.88. The fourth-order valence-corrected chi connectivity index (χ4v) is 3.78. The maximum Gasteiger partial charge on any atom is 0.265 e. The Balaban J connectivity index is 1.46. The van der Waals surface area contributed by atoms with Crippen molar-refractivity contribution >= 4 is 51.9 Å². The largest absolute Gasteiger partial charge is 0.454 e. The number of carbonyl (C=O) groups is 2. The predicted molar refractivity (Wildman–Crippen MR) is 108 cm³/mol. The van der Waals surface area contributed by atoms with Crippen molar-refractivity contribution in [3.63, 3.8) is 0 Å². The Labute approximate surface area is 165 Å². The van der Waals surface area contributed by atoms with E-state index in [1.54, 1.807) is 55.6 Å². The van der Waals surface area contributed by atoms with Gasteiger partial charge in [0.25, 0.3) is 11.8 Å². The summed E-state index contributed by atoms with van der Waals surface area (Å²) >= 11 is 6.38. The summed E-state index contributed by atoms with van der Waals surface area (Å²) in [4.78, 5) is 26.5. The number of likely N-dealkylation sites (N-methyl/N-ethyl adjacent to an activating group) is 1. The van der Waals surface area contributed by atoms with Crippen LogP contribution in [0.1, 0.15) is 15.9 Å². The van der Waals surface area contributed by atoms with Gasteiger partial charge in [-0.05, 0) is 35.9 Å². The normalized spacial score (nSPS) is 16.9. The van der Waals surface area contributed by atoms with E-state index in [1.807, 2.05) is 0 Å². The van der Waals surface area contributed by atoms with Crippen LogP contribution in [0.3, 0.4) is 0 Å². The molecule has 0 aliphatic carbocycles. The van der Waals surface area contributed by atoms with E-state index in [0.717, 1.165) is 5.56 Å². The Morgan fingerprint density at radius 3 is 2.63 bits per heavy atom. The molecule has 2 aromatic rings. The Morgan fingerprint density at radius 1 is 1.19 bits per heavy atom.